The minimum Gasteiger partial charge on any atom is -0.335 e. The van der Waals surface area contributed by atoms with Gasteiger partial charge < -0.3 is 14.8 Å². The SMILES string of the molecule is CC1CN(C(=O)c2cc([N+](=O)[O-])cn2C(C)C)CCN1. The number of amides is 1. The van der Waals surface area contributed by atoms with Gasteiger partial charge in [0.25, 0.3) is 11.6 Å². The van der Waals surface area contributed by atoms with Gasteiger partial charge in [0.1, 0.15) is 5.69 Å². The van der Waals surface area contributed by atoms with E-state index in [2.05, 4.69) is 5.32 Å². The number of nitro groups is 1. The number of hydrogen-bond acceptors (Lipinski definition) is 4. The predicted octanol–water partition coefficient (Wildman–Crippen LogP) is 1.41. The Morgan fingerprint density at radius 1 is 1.55 bits per heavy atom. The van der Waals surface area contributed by atoms with E-state index in [-0.39, 0.29) is 23.7 Å². The first-order chi connectivity index (χ1) is 9.40. The number of hydrogen-bond donors (Lipinski definition) is 1. The van der Waals surface area contributed by atoms with Gasteiger partial charge in [-0.15, -0.1) is 0 Å². The van der Waals surface area contributed by atoms with Crippen LogP contribution in [0.25, 0.3) is 0 Å². The summed E-state index contributed by atoms with van der Waals surface area (Å²) in [6.07, 6.45) is 1.43. The van der Waals surface area contributed by atoms with Crippen molar-refractivity contribution < 1.29 is 9.72 Å². The number of rotatable bonds is 3. The topological polar surface area (TPSA) is 80.4 Å². The molecule has 2 rings (SSSR count). The summed E-state index contributed by atoms with van der Waals surface area (Å²) in [6, 6.07) is 1.61. The highest BCUT2D eigenvalue weighted by molar-refractivity contribution is 5.93. The molecule has 0 saturated carbocycles. The Bertz CT molecular complexity index is 524. The van der Waals surface area contributed by atoms with Gasteiger partial charge in [-0.05, 0) is 20.8 Å². The zero-order valence-electron chi connectivity index (χ0n) is 12.0. The van der Waals surface area contributed by atoms with E-state index < -0.39 is 4.92 Å². The van der Waals surface area contributed by atoms with E-state index in [1.54, 1.807) is 9.47 Å². The van der Waals surface area contributed by atoms with Gasteiger partial charge in [0.15, 0.2) is 0 Å². The lowest BCUT2D eigenvalue weighted by molar-refractivity contribution is -0.384. The van der Waals surface area contributed by atoms with Gasteiger partial charge in [0.2, 0.25) is 0 Å². The molecule has 1 aliphatic rings. The molecule has 1 aliphatic heterocycles. The van der Waals surface area contributed by atoms with Crippen LogP contribution in [0, 0.1) is 10.1 Å². The van der Waals surface area contributed by atoms with E-state index in [0.29, 0.717) is 18.8 Å². The van der Waals surface area contributed by atoms with Crippen molar-refractivity contribution in [3.05, 3.63) is 28.1 Å². The average Bonchev–Trinajstić information content (AvgIpc) is 2.83. The van der Waals surface area contributed by atoms with Gasteiger partial charge in [-0.3, -0.25) is 14.9 Å². The lowest BCUT2D eigenvalue weighted by Gasteiger charge is -2.32. The van der Waals surface area contributed by atoms with E-state index in [0.717, 1.165) is 6.54 Å². The second-order valence-corrected chi connectivity index (χ2v) is 5.45. The molecule has 1 N–H and O–H groups in total. The fraction of sp³-hybridized carbons (Fsp3) is 0.615. The summed E-state index contributed by atoms with van der Waals surface area (Å²) in [6.45, 7) is 7.82. The molecule has 1 aromatic heterocycles. The number of aromatic nitrogens is 1. The van der Waals surface area contributed by atoms with E-state index in [1.165, 1.54) is 12.3 Å². The molecule has 0 aliphatic carbocycles. The van der Waals surface area contributed by atoms with Crippen LogP contribution in [0.1, 0.15) is 37.3 Å². The maximum absolute atomic E-state index is 12.6. The monoisotopic (exact) mass is 280 g/mol. The number of piperazine rings is 1. The smallest absolute Gasteiger partial charge is 0.287 e. The van der Waals surface area contributed by atoms with E-state index in [9.17, 15) is 14.9 Å². The van der Waals surface area contributed by atoms with Gasteiger partial charge in [-0.25, -0.2) is 0 Å². The number of carbonyl (C=O) groups excluding carboxylic acids is 1. The normalized spacial score (nSPS) is 19.4. The fourth-order valence-electron chi connectivity index (χ4n) is 2.44. The largest absolute Gasteiger partial charge is 0.335 e. The summed E-state index contributed by atoms with van der Waals surface area (Å²) < 4.78 is 1.67. The van der Waals surface area contributed by atoms with Gasteiger partial charge in [0, 0.05) is 37.8 Å². The molecule has 7 nitrogen and oxygen atoms in total. The molecule has 1 aromatic rings. The van der Waals surface area contributed by atoms with Crippen molar-refractivity contribution in [2.24, 2.45) is 0 Å². The van der Waals surface area contributed by atoms with Crippen LogP contribution in [0.15, 0.2) is 12.3 Å². The summed E-state index contributed by atoms with van der Waals surface area (Å²) in [5.74, 6) is -0.139. The molecular weight excluding hydrogens is 260 g/mol. The number of carbonyl (C=O) groups is 1. The Labute approximate surface area is 117 Å². The highest BCUT2D eigenvalue weighted by atomic mass is 16.6. The van der Waals surface area contributed by atoms with Crippen molar-refractivity contribution in [2.75, 3.05) is 19.6 Å². The standard InChI is InChI=1S/C13H20N4O3/c1-9(2)16-8-11(17(19)20)6-12(16)13(18)15-5-4-14-10(3)7-15/h6,8-10,14H,4-5,7H2,1-3H3. The van der Waals surface area contributed by atoms with Gasteiger partial charge in [0.05, 0.1) is 11.1 Å². The van der Waals surface area contributed by atoms with Gasteiger partial charge >= 0.3 is 0 Å². The third-order valence-corrected chi connectivity index (χ3v) is 3.48. The van der Waals surface area contributed by atoms with Crippen LogP contribution in [-0.2, 0) is 0 Å². The summed E-state index contributed by atoms with van der Waals surface area (Å²) in [7, 11) is 0. The second kappa shape index (κ2) is 5.62. The van der Waals surface area contributed by atoms with Crippen LogP contribution in [0.5, 0.6) is 0 Å². The highest BCUT2D eigenvalue weighted by Gasteiger charge is 2.27. The summed E-state index contributed by atoms with van der Waals surface area (Å²) in [5.41, 5.74) is 0.353. The van der Waals surface area contributed by atoms with Crippen molar-refractivity contribution >= 4 is 11.6 Å². The number of nitrogens with zero attached hydrogens (tertiary/aromatic N) is 3. The minimum atomic E-state index is -0.462. The van der Waals surface area contributed by atoms with Crippen LogP contribution >= 0.6 is 0 Å². The van der Waals surface area contributed by atoms with Crippen LogP contribution in [-0.4, -0.2) is 46.0 Å². The quantitative estimate of drug-likeness (QED) is 0.670. The van der Waals surface area contributed by atoms with Crippen LogP contribution in [0.4, 0.5) is 5.69 Å². The van der Waals surface area contributed by atoms with Crippen molar-refractivity contribution in [1.82, 2.24) is 14.8 Å². The molecule has 0 aromatic carbocycles. The van der Waals surface area contributed by atoms with E-state index in [1.807, 2.05) is 20.8 Å². The van der Waals surface area contributed by atoms with Gasteiger partial charge in [-0.1, -0.05) is 0 Å². The lowest BCUT2D eigenvalue weighted by atomic mass is 10.2. The minimum absolute atomic E-state index is 0.00277. The molecule has 110 valence electrons. The van der Waals surface area contributed by atoms with Crippen molar-refractivity contribution in [2.45, 2.75) is 32.9 Å². The lowest BCUT2D eigenvalue weighted by Crippen LogP contribution is -2.51. The second-order valence-electron chi connectivity index (χ2n) is 5.45. The van der Waals surface area contributed by atoms with E-state index in [4.69, 9.17) is 0 Å². The fourth-order valence-corrected chi connectivity index (χ4v) is 2.44. The predicted molar refractivity (Wildman–Crippen MR) is 74.8 cm³/mol. The zero-order chi connectivity index (χ0) is 14.9. The van der Waals surface area contributed by atoms with Gasteiger partial charge in [-0.2, -0.15) is 0 Å². The Morgan fingerprint density at radius 2 is 2.25 bits per heavy atom. The summed E-state index contributed by atoms with van der Waals surface area (Å²) >= 11 is 0. The van der Waals surface area contributed by atoms with Crippen molar-refractivity contribution in [3.63, 3.8) is 0 Å². The third-order valence-electron chi connectivity index (χ3n) is 3.48. The average molecular weight is 280 g/mol. The molecule has 0 radical (unpaired) electrons. The van der Waals surface area contributed by atoms with Crippen molar-refractivity contribution in [1.29, 1.82) is 0 Å². The molecule has 0 bridgehead atoms. The van der Waals surface area contributed by atoms with Crippen molar-refractivity contribution in [3.8, 4) is 0 Å². The molecule has 20 heavy (non-hydrogen) atoms. The molecule has 1 atom stereocenters. The Kier molecular flexibility index (Phi) is 4.08. The van der Waals surface area contributed by atoms with E-state index >= 15 is 0 Å². The molecule has 2 heterocycles. The molecule has 1 amide bonds. The van der Waals surface area contributed by atoms with Crippen LogP contribution in [0.3, 0.4) is 0 Å². The first kappa shape index (κ1) is 14.5. The third kappa shape index (κ3) is 2.82. The van der Waals surface area contributed by atoms with Crippen LogP contribution < -0.4 is 5.32 Å². The first-order valence-corrected chi connectivity index (χ1v) is 6.79. The molecular formula is C13H20N4O3. The van der Waals surface area contributed by atoms with Crippen LogP contribution in [0.2, 0.25) is 0 Å². The Morgan fingerprint density at radius 3 is 2.80 bits per heavy atom. The molecule has 7 heteroatoms. The highest BCUT2D eigenvalue weighted by Crippen LogP contribution is 2.22. The Hall–Kier alpha value is -1.89. The summed E-state index contributed by atoms with van der Waals surface area (Å²) in [5, 5.41) is 14.2. The molecule has 1 unspecified atom stereocenters. The maximum atomic E-state index is 12.6. The Balaban J connectivity index is 2.30. The number of nitrogens with one attached hydrogen (secondary N) is 1. The molecule has 1 saturated heterocycles. The first-order valence-electron chi connectivity index (χ1n) is 6.79. The zero-order valence-corrected chi connectivity index (χ0v) is 12.0. The molecule has 0 spiro atoms. The molecule has 1 fully saturated rings. The summed E-state index contributed by atoms with van der Waals surface area (Å²) in [4.78, 5) is 24.7. The maximum Gasteiger partial charge on any atom is 0.287 e.